The van der Waals surface area contributed by atoms with Gasteiger partial charge in [-0.25, -0.2) is 0 Å². The topological polar surface area (TPSA) is 56.8 Å². The Labute approximate surface area is 137 Å². The molecule has 1 aliphatic rings. The summed E-state index contributed by atoms with van der Waals surface area (Å²) in [6.07, 6.45) is 4.75. The highest BCUT2D eigenvalue weighted by molar-refractivity contribution is 6.80. The summed E-state index contributed by atoms with van der Waals surface area (Å²) in [6.45, 7) is 6.52. The molecule has 0 radical (unpaired) electrons. The molecule has 2 unspecified atom stereocenters. The Hall–Kier alpha value is -0.216. The van der Waals surface area contributed by atoms with E-state index in [9.17, 15) is 4.79 Å². The van der Waals surface area contributed by atoms with Gasteiger partial charge in [0.15, 0.2) is 0 Å². The van der Waals surface area contributed by atoms with Crippen LogP contribution in [0.1, 0.15) is 32.6 Å². The molecule has 0 spiro atoms. The van der Waals surface area contributed by atoms with Crippen LogP contribution in [-0.2, 0) is 18.1 Å². The number of carbonyl (C=O) groups excluding carboxylic acids is 1. The summed E-state index contributed by atoms with van der Waals surface area (Å²) in [5.74, 6) is 0.0923. The van der Waals surface area contributed by atoms with E-state index in [0.717, 1.165) is 30.5 Å². The first-order valence-electron chi connectivity index (χ1n) is 8.21. The van der Waals surface area contributed by atoms with E-state index >= 15 is 0 Å². The Balaban J connectivity index is 2.62. The van der Waals surface area contributed by atoms with Crippen LogP contribution in [0.3, 0.4) is 0 Å². The molecule has 130 valence electrons. The van der Waals surface area contributed by atoms with Crippen LogP contribution >= 0.6 is 0 Å². The highest BCUT2D eigenvalue weighted by Crippen LogP contribution is 2.40. The first-order chi connectivity index (χ1) is 10.3. The maximum Gasteiger partial charge on any atom is 0.499 e. The summed E-state index contributed by atoms with van der Waals surface area (Å²) in [4.78, 5) is 11.3. The minimum atomic E-state index is -2.47. The van der Waals surface area contributed by atoms with Crippen LogP contribution in [0.25, 0.3) is 0 Å². The zero-order valence-electron chi connectivity index (χ0n) is 15.0. The predicted octanol–water partition coefficient (Wildman–Crippen LogP) is 3.02. The van der Waals surface area contributed by atoms with E-state index in [1.807, 2.05) is 0 Å². The lowest BCUT2D eigenvalue weighted by molar-refractivity contribution is -0.119. The molecule has 0 aromatic rings. The summed E-state index contributed by atoms with van der Waals surface area (Å²) < 4.78 is 16.7. The van der Waals surface area contributed by atoms with Gasteiger partial charge in [-0.2, -0.15) is 0 Å². The van der Waals surface area contributed by atoms with Gasteiger partial charge >= 0.3 is 8.80 Å². The third kappa shape index (κ3) is 5.45. The fourth-order valence-corrected chi connectivity index (χ4v) is 10.8. The molecule has 5 nitrogen and oxygen atoms in total. The van der Waals surface area contributed by atoms with Crippen molar-refractivity contribution in [3.05, 3.63) is 0 Å². The van der Waals surface area contributed by atoms with Gasteiger partial charge in [0.05, 0.1) is 8.07 Å². The van der Waals surface area contributed by atoms with E-state index < -0.39 is 16.9 Å². The van der Waals surface area contributed by atoms with E-state index in [-0.39, 0.29) is 5.91 Å². The van der Waals surface area contributed by atoms with Crippen LogP contribution in [0.4, 0.5) is 0 Å². The standard InChI is InChI=1S/C15H33NO4Si2/c1-13(17)16-14-8-7-9-15(12-14)21(5,6)10-11-22(18-2,19-3)20-4/h14-15H,7-12H2,1-6H3,(H,16,17). The van der Waals surface area contributed by atoms with Gasteiger partial charge in [-0.15, -0.1) is 0 Å². The molecule has 1 N–H and O–H groups in total. The van der Waals surface area contributed by atoms with Crippen molar-refractivity contribution in [1.82, 2.24) is 5.32 Å². The Morgan fingerprint density at radius 2 is 1.68 bits per heavy atom. The highest BCUT2D eigenvalue weighted by atomic mass is 28.4. The second-order valence-electron chi connectivity index (χ2n) is 7.04. The molecule has 0 aromatic heterocycles. The average molecular weight is 348 g/mol. The largest absolute Gasteiger partial charge is 0.499 e. The van der Waals surface area contributed by atoms with Crippen molar-refractivity contribution in [2.45, 2.75) is 69.4 Å². The normalized spacial score (nSPS) is 23.4. The fraction of sp³-hybridized carbons (Fsp3) is 0.933. The van der Waals surface area contributed by atoms with Crippen LogP contribution in [-0.4, -0.2) is 50.2 Å². The quantitative estimate of drug-likeness (QED) is 0.686. The van der Waals surface area contributed by atoms with Crippen molar-refractivity contribution >= 4 is 22.8 Å². The number of carbonyl (C=O) groups is 1. The van der Waals surface area contributed by atoms with Crippen molar-refractivity contribution in [3.63, 3.8) is 0 Å². The predicted molar refractivity (Wildman–Crippen MR) is 93.7 cm³/mol. The van der Waals surface area contributed by atoms with Gasteiger partial charge < -0.3 is 18.6 Å². The van der Waals surface area contributed by atoms with Crippen LogP contribution in [0.5, 0.6) is 0 Å². The van der Waals surface area contributed by atoms with Crippen molar-refractivity contribution < 1.29 is 18.1 Å². The number of hydrogen-bond acceptors (Lipinski definition) is 4. The molecule has 7 heteroatoms. The summed E-state index contributed by atoms with van der Waals surface area (Å²) in [5.41, 5.74) is 0.746. The zero-order valence-corrected chi connectivity index (χ0v) is 17.0. The van der Waals surface area contributed by atoms with Crippen molar-refractivity contribution in [3.8, 4) is 0 Å². The van der Waals surface area contributed by atoms with Gasteiger partial charge in [-0.3, -0.25) is 4.79 Å². The molecule has 22 heavy (non-hydrogen) atoms. The molecule has 0 bridgehead atoms. The van der Waals surface area contributed by atoms with E-state index in [1.165, 1.54) is 12.8 Å². The maximum atomic E-state index is 11.3. The van der Waals surface area contributed by atoms with E-state index in [0.29, 0.717) is 6.04 Å². The molecule has 1 rings (SSSR count). The zero-order chi connectivity index (χ0) is 16.8. The van der Waals surface area contributed by atoms with Crippen molar-refractivity contribution in [2.24, 2.45) is 0 Å². The lowest BCUT2D eigenvalue weighted by Gasteiger charge is -2.40. The lowest BCUT2D eigenvalue weighted by atomic mass is 9.95. The van der Waals surface area contributed by atoms with Gasteiger partial charge in [0, 0.05) is 40.3 Å². The van der Waals surface area contributed by atoms with Gasteiger partial charge in [-0.1, -0.05) is 32.0 Å². The Kier molecular flexibility index (Phi) is 7.74. The smallest absolute Gasteiger partial charge is 0.377 e. The molecular formula is C15H33NO4Si2. The third-order valence-electron chi connectivity index (χ3n) is 5.20. The molecule has 1 amide bonds. The van der Waals surface area contributed by atoms with Gasteiger partial charge in [-0.05, 0) is 18.4 Å². The average Bonchev–Trinajstić information content (AvgIpc) is 2.49. The van der Waals surface area contributed by atoms with E-state index in [2.05, 4.69) is 18.4 Å². The number of amides is 1. The first-order valence-corrected chi connectivity index (χ1v) is 13.4. The molecule has 0 saturated heterocycles. The van der Waals surface area contributed by atoms with E-state index in [1.54, 1.807) is 28.3 Å². The highest BCUT2D eigenvalue weighted by Gasteiger charge is 2.42. The lowest BCUT2D eigenvalue weighted by Crippen LogP contribution is -2.47. The van der Waals surface area contributed by atoms with Gasteiger partial charge in [0.2, 0.25) is 5.91 Å². The Morgan fingerprint density at radius 3 is 2.18 bits per heavy atom. The van der Waals surface area contributed by atoms with Gasteiger partial charge in [0.25, 0.3) is 0 Å². The second kappa shape index (κ2) is 8.58. The number of hydrogen-bond donors (Lipinski definition) is 1. The number of rotatable bonds is 8. The minimum Gasteiger partial charge on any atom is -0.377 e. The SMILES string of the molecule is CO[Si](CC[Si](C)(C)C1CCCC(NC(C)=O)C1)(OC)OC. The molecule has 1 saturated carbocycles. The second-order valence-corrected chi connectivity index (χ2v) is 15.4. The third-order valence-corrected chi connectivity index (χ3v) is 12.7. The molecule has 0 aliphatic heterocycles. The Bertz CT molecular complexity index is 353. The van der Waals surface area contributed by atoms with Crippen molar-refractivity contribution in [2.75, 3.05) is 21.3 Å². The monoisotopic (exact) mass is 347 g/mol. The summed E-state index contributed by atoms with van der Waals surface area (Å²) in [6, 6.07) is 2.39. The van der Waals surface area contributed by atoms with Crippen LogP contribution in [0, 0.1) is 0 Å². The molecule has 1 aliphatic carbocycles. The van der Waals surface area contributed by atoms with Crippen LogP contribution in [0.15, 0.2) is 0 Å². The maximum absolute atomic E-state index is 11.3. The van der Waals surface area contributed by atoms with Crippen LogP contribution in [0.2, 0.25) is 30.7 Å². The molecule has 1 fully saturated rings. The molecular weight excluding hydrogens is 314 g/mol. The molecule has 0 aromatic carbocycles. The summed E-state index contributed by atoms with van der Waals surface area (Å²) in [5, 5.41) is 3.11. The van der Waals surface area contributed by atoms with E-state index in [4.69, 9.17) is 13.3 Å². The van der Waals surface area contributed by atoms with Crippen molar-refractivity contribution in [1.29, 1.82) is 0 Å². The van der Waals surface area contributed by atoms with Gasteiger partial charge in [0.1, 0.15) is 0 Å². The fourth-order valence-electron chi connectivity index (χ4n) is 3.55. The summed E-state index contributed by atoms with van der Waals surface area (Å²) >= 11 is 0. The summed E-state index contributed by atoms with van der Waals surface area (Å²) in [7, 11) is 1.17. The molecule has 2 atom stereocenters. The number of nitrogens with one attached hydrogen (secondary N) is 1. The first kappa shape index (κ1) is 19.8. The minimum absolute atomic E-state index is 0.0923. The molecule has 0 heterocycles. The Morgan fingerprint density at radius 1 is 1.09 bits per heavy atom. The van der Waals surface area contributed by atoms with Crippen LogP contribution < -0.4 is 5.32 Å².